The Morgan fingerprint density at radius 3 is 2.55 bits per heavy atom. The monoisotopic (exact) mass is 318 g/mol. The summed E-state index contributed by atoms with van der Waals surface area (Å²) in [6.07, 6.45) is 0. The number of halogens is 2. The minimum absolute atomic E-state index is 0.0367. The van der Waals surface area contributed by atoms with Gasteiger partial charge in [-0.25, -0.2) is 8.78 Å². The Morgan fingerprint density at radius 2 is 1.91 bits per heavy atom. The van der Waals surface area contributed by atoms with Crippen molar-refractivity contribution >= 4 is 23.4 Å². The molecule has 3 nitrogen and oxygen atoms in total. The molecule has 0 atom stereocenters. The van der Waals surface area contributed by atoms with Crippen LogP contribution in [0.15, 0.2) is 42.5 Å². The molecule has 112 valence electrons. The van der Waals surface area contributed by atoms with Crippen LogP contribution in [0.1, 0.15) is 11.1 Å². The van der Waals surface area contributed by atoms with Gasteiger partial charge in [0.05, 0.1) is 23.1 Å². The highest BCUT2D eigenvalue weighted by atomic mass is 32.2. The van der Waals surface area contributed by atoms with Crippen molar-refractivity contribution in [2.75, 3.05) is 11.1 Å². The fourth-order valence-corrected chi connectivity index (χ4v) is 2.50. The van der Waals surface area contributed by atoms with E-state index < -0.39 is 11.6 Å². The van der Waals surface area contributed by atoms with Crippen LogP contribution < -0.4 is 5.32 Å². The Hall–Kier alpha value is -2.39. The van der Waals surface area contributed by atoms with Crippen molar-refractivity contribution in [3.8, 4) is 6.07 Å². The zero-order valence-corrected chi connectivity index (χ0v) is 12.3. The largest absolute Gasteiger partial charge is 0.323 e. The molecule has 6 heteroatoms. The predicted octanol–water partition coefficient (Wildman–Crippen LogP) is 3.71. The van der Waals surface area contributed by atoms with Gasteiger partial charge in [-0.15, -0.1) is 11.8 Å². The average molecular weight is 318 g/mol. The molecule has 0 heterocycles. The molecule has 0 bridgehead atoms. The number of anilines is 1. The minimum Gasteiger partial charge on any atom is -0.323 e. The standard InChI is InChI=1S/C16H12F2N2OS/c17-13-5-6-15(14(18)7-13)20-16(21)10-22-9-12-3-1-11(8-19)2-4-12/h1-7H,9-10H2,(H,20,21). The molecule has 0 aromatic heterocycles. The Kier molecular flexibility index (Phi) is 5.50. The molecule has 0 aliphatic rings. The van der Waals surface area contributed by atoms with Crippen LogP contribution in [0.3, 0.4) is 0 Å². The second kappa shape index (κ2) is 7.57. The summed E-state index contributed by atoms with van der Waals surface area (Å²) in [4.78, 5) is 11.7. The van der Waals surface area contributed by atoms with Crippen LogP contribution in [-0.4, -0.2) is 11.7 Å². The smallest absolute Gasteiger partial charge is 0.234 e. The maximum atomic E-state index is 13.4. The van der Waals surface area contributed by atoms with Gasteiger partial charge in [0.25, 0.3) is 0 Å². The van der Waals surface area contributed by atoms with Gasteiger partial charge in [-0.05, 0) is 29.8 Å². The summed E-state index contributed by atoms with van der Waals surface area (Å²) in [6.45, 7) is 0. The number of nitrogens with one attached hydrogen (secondary N) is 1. The summed E-state index contributed by atoms with van der Waals surface area (Å²) in [5.41, 5.74) is 1.54. The first kappa shape index (κ1) is 16.0. The lowest BCUT2D eigenvalue weighted by molar-refractivity contribution is -0.113. The van der Waals surface area contributed by atoms with Gasteiger partial charge in [0.2, 0.25) is 5.91 Å². The van der Waals surface area contributed by atoms with Gasteiger partial charge in [0.1, 0.15) is 11.6 Å². The molecule has 1 amide bonds. The lowest BCUT2D eigenvalue weighted by Gasteiger charge is -2.06. The van der Waals surface area contributed by atoms with Gasteiger partial charge in [0.15, 0.2) is 0 Å². The van der Waals surface area contributed by atoms with E-state index in [0.717, 1.165) is 17.7 Å². The van der Waals surface area contributed by atoms with E-state index in [1.807, 2.05) is 18.2 Å². The molecule has 2 aromatic rings. The maximum absolute atomic E-state index is 13.4. The van der Waals surface area contributed by atoms with E-state index in [0.29, 0.717) is 11.3 Å². The second-order valence-corrected chi connectivity index (χ2v) is 5.46. The van der Waals surface area contributed by atoms with Crippen LogP contribution in [0.5, 0.6) is 0 Å². The quantitative estimate of drug-likeness (QED) is 0.914. The zero-order valence-electron chi connectivity index (χ0n) is 11.5. The number of carbonyl (C=O) groups excluding carboxylic acids is 1. The normalized spacial score (nSPS) is 10.0. The highest BCUT2D eigenvalue weighted by Crippen LogP contribution is 2.17. The molecule has 0 saturated carbocycles. The maximum Gasteiger partial charge on any atom is 0.234 e. The van der Waals surface area contributed by atoms with Crippen molar-refractivity contribution < 1.29 is 13.6 Å². The molecule has 2 aromatic carbocycles. The third kappa shape index (κ3) is 4.57. The Labute approximate surface area is 131 Å². The van der Waals surface area contributed by atoms with Crippen LogP contribution >= 0.6 is 11.8 Å². The van der Waals surface area contributed by atoms with E-state index >= 15 is 0 Å². The van der Waals surface area contributed by atoms with Crippen LogP contribution in [0.25, 0.3) is 0 Å². The van der Waals surface area contributed by atoms with Crippen molar-refractivity contribution in [1.29, 1.82) is 5.26 Å². The lowest BCUT2D eigenvalue weighted by atomic mass is 10.2. The van der Waals surface area contributed by atoms with Crippen molar-refractivity contribution in [2.24, 2.45) is 0 Å². The minimum atomic E-state index is -0.801. The Balaban J connectivity index is 1.81. The molecule has 0 spiro atoms. The van der Waals surface area contributed by atoms with Crippen molar-refractivity contribution in [1.82, 2.24) is 0 Å². The average Bonchev–Trinajstić information content (AvgIpc) is 2.51. The fourth-order valence-electron chi connectivity index (χ4n) is 1.71. The third-order valence-corrected chi connectivity index (χ3v) is 3.79. The summed E-state index contributed by atoms with van der Waals surface area (Å²) in [5.74, 6) is -1.10. The van der Waals surface area contributed by atoms with E-state index in [9.17, 15) is 13.6 Å². The number of nitrogens with zero attached hydrogens (tertiary/aromatic N) is 1. The summed E-state index contributed by atoms with van der Waals surface area (Å²) < 4.78 is 26.1. The Bertz CT molecular complexity index is 711. The number of thioether (sulfide) groups is 1. The van der Waals surface area contributed by atoms with Gasteiger partial charge < -0.3 is 5.32 Å². The van der Waals surface area contributed by atoms with E-state index in [1.165, 1.54) is 17.8 Å². The van der Waals surface area contributed by atoms with Gasteiger partial charge in [-0.2, -0.15) is 5.26 Å². The van der Waals surface area contributed by atoms with Crippen LogP contribution in [0.4, 0.5) is 14.5 Å². The molecule has 0 radical (unpaired) electrons. The first-order valence-electron chi connectivity index (χ1n) is 6.40. The van der Waals surface area contributed by atoms with E-state index in [-0.39, 0.29) is 17.3 Å². The van der Waals surface area contributed by atoms with Gasteiger partial charge in [-0.3, -0.25) is 4.79 Å². The van der Waals surface area contributed by atoms with Crippen molar-refractivity contribution in [3.63, 3.8) is 0 Å². The molecule has 22 heavy (non-hydrogen) atoms. The van der Waals surface area contributed by atoms with Crippen LogP contribution in [0, 0.1) is 23.0 Å². The third-order valence-electron chi connectivity index (χ3n) is 2.79. The number of amides is 1. The molecular formula is C16H12F2N2OS. The number of nitriles is 1. The molecule has 0 saturated heterocycles. The molecule has 1 N–H and O–H groups in total. The number of carbonyl (C=O) groups is 1. The number of rotatable bonds is 5. The van der Waals surface area contributed by atoms with Gasteiger partial charge in [-0.1, -0.05) is 12.1 Å². The summed E-state index contributed by atoms with van der Waals surface area (Å²) >= 11 is 1.36. The molecule has 0 aliphatic carbocycles. The molecule has 0 unspecified atom stereocenters. The number of benzene rings is 2. The first-order valence-corrected chi connectivity index (χ1v) is 7.55. The van der Waals surface area contributed by atoms with E-state index in [4.69, 9.17) is 5.26 Å². The van der Waals surface area contributed by atoms with Crippen LogP contribution in [-0.2, 0) is 10.5 Å². The first-order chi connectivity index (χ1) is 10.6. The van der Waals surface area contributed by atoms with Crippen LogP contribution in [0.2, 0.25) is 0 Å². The van der Waals surface area contributed by atoms with Gasteiger partial charge in [0, 0.05) is 11.8 Å². The Morgan fingerprint density at radius 1 is 1.18 bits per heavy atom. The van der Waals surface area contributed by atoms with E-state index in [2.05, 4.69) is 5.32 Å². The summed E-state index contributed by atoms with van der Waals surface area (Å²) in [6, 6.07) is 12.1. The zero-order chi connectivity index (χ0) is 15.9. The van der Waals surface area contributed by atoms with Gasteiger partial charge >= 0.3 is 0 Å². The topological polar surface area (TPSA) is 52.9 Å². The highest BCUT2D eigenvalue weighted by Gasteiger charge is 2.08. The molecule has 0 aliphatic heterocycles. The molecular weight excluding hydrogens is 306 g/mol. The molecule has 2 rings (SSSR count). The lowest BCUT2D eigenvalue weighted by Crippen LogP contribution is -2.15. The SMILES string of the molecule is N#Cc1ccc(CSCC(=O)Nc2ccc(F)cc2F)cc1. The predicted molar refractivity (Wildman–Crippen MR) is 82.3 cm³/mol. The highest BCUT2D eigenvalue weighted by molar-refractivity contribution is 7.99. The fraction of sp³-hybridized carbons (Fsp3) is 0.125. The van der Waals surface area contributed by atoms with E-state index in [1.54, 1.807) is 12.1 Å². The van der Waals surface area contributed by atoms with Crippen molar-refractivity contribution in [3.05, 3.63) is 65.2 Å². The van der Waals surface area contributed by atoms with Crippen molar-refractivity contribution in [2.45, 2.75) is 5.75 Å². The summed E-state index contributed by atoms with van der Waals surface area (Å²) in [7, 11) is 0. The number of hydrogen-bond acceptors (Lipinski definition) is 3. The molecule has 0 fully saturated rings. The second-order valence-electron chi connectivity index (χ2n) is 4.47. The number of hydrogen-bond donors (Lipinski definition) is 1. The summed E-state index contributed by atoms with van der Waals surface area (Å²) in [5, 5.41) is 11.1.